The number of aromatic amines is 1. The molecule has 2 N–H and O–H groups in total. The Labute approximate surface area is 194 Å². The summed E-state index contributed by atoms with van der Waals surface area (Å²) in [5.41, 5.74) is 2.47. The van der Waals surface area contributed by atoms with Crippen molar-refractivity contribution in [3.63, 3.8) is 0 Å². The van der Waals surface area contributed by atoms with Crippen LogP contribution in [0.2, 0.25) is 10.0 Å². The number of nitrogens with one attached hydrogen (secondary N) is 1. The number of fused-ring (bicyclic) bond motifs is 1. The second-order valence-corrected chi connectivity index (χ2v) is 8.61. The average molecular weight is 480 g/mol. The number of benzene rings is 2. The van der Waals surface area contributed by atoms with E-state index in [0.29, 0.717) is 65.9 Å². The fourth-order valence-electron chi connectivity index (χ4n) is 3.73. The van der Waals surface area contributed by atoms with E-state index in [4.69, 9.17) is 32.4 Å². The molecule has 1 fully saturated rings. The molecule has 0 spiro atoms. The largest absolute Gasteiger partial charge is 0.445 e. The summed E-state index contributed by atoms with van der Waals surface area (Å²) >= 11 is 11.9. The number of rotatable bonds is 6. The lowest BCUT2D eigenvalue weighted by molar-refractivity contribution is 0.0659. The number of nitrogens with zero attached hydrogens (tertiary/aromatic N) is 2. The minimum absolute atomic E-state index is 0.108. The number of aliphatic hydroxyl groups excluding tert-OH is 1. The fraction of sp³-hybridized carbons (Fsp3) is 0.364. The molecule has 1 aliphatic rings. The van der Waals surface area contributed by atoms with Gasteiger partial charge < -0.3 is 19.2 Å². The summed E-state index contributed by atoms with van der Waals surface area (Å²) in [5, 5.41) is 11.5. The van der Waals surface area contributed by atoms with Gasteiger partial charge in [0.2, 0.25) is 0 Å². The van der Waals surface area contributed by atoms with Crippen molar-refractivity contribution in [1.82, 2.24) is 14.8 Å². The SMILES string of the molecule is O=C(OCc1cc(Cl)cc(Cl)c1)N1CCN(CCC(O)c2ccc3[nH]c(=O)oc3c2)CC1. The molecule has 1 amide bonds. The van der Waals surface area contributed by atoms with Crippen LogP contribution >= 0.6 is 23.2 Å². The second-order valence-electron chi connectivity index (χ2n) is 7.74. The van der Waals surface area contributed by atoms with Crippen molar-refractivity contribution in [2.45, 2.75) is 19.1 Å². The predicted molar refractivity (Wildman–Crippen MR) is 121 cm³/mol. The first kappa shape index (κ1) is 22.7. The average Bonchev–Trinajstić information content (AvgIpc) is 3.14. The van der Waals surface area contributed by atoms with Crippen molar-refractivity contribution in [3.05, 3.63) is 68.1 Å². The number of oxazole rings is 1. The van der Waals surface area contributed by atoms with Crippen molar-refractivity contribution in [2.24, 2.45) is 0 Å². The zero-order valence-electron chi connectivity index (χ0n) is 17.2. The van der Waals surface area contributed by atoms with Gasteiger partial charge in [-0.15, -0.1) is 0 Å². The summed E-state index contributed by atoms with van der Waals surface area (Å²) in [7, 11) is 0. The maximum atomic E-state index is 12.4. The lowest BCUT2D eigenvalue weighted by atomic mass is 10.1. The van der Waals surface area contributed by atoms with E-state index in [1.807, 2.05) is 0 Å². The summed E-state index contributed by atoms with van der Waals surface area (Å²) in [6, 6.07) is 10.2. The summed E-state index contributed by atoms with van der Waals surface area (Å²) in [6.45, 7) is 3.27. The molecule has 10 heteroatoms. The van der Waals surface area contributed by atoms with Crippen LogP contribution in [0.15, 0.2) is 45.6 Å². The van der Waals surface area contributed by atoms with Gasteiger partial charge >= 0.3 is 11.8 Å². The van der Waals surface area contributed by atoms with Gasteiger partial charge in [0.25, 0.3) is 0 Å². The van der Waals surface area contributed by atoms with E-state index in [1.54, 1.807) is 41.3 Å². The number of hydrogen-bond acceptors (Lipinski definition) is 6. The molecule has 4 rings (SSSR count). The van der Waals surface area contributed by atoms with E-state index in [0.717, 1.165) is 5.56 Å². The molecule has 2 heterocycles. The van der Waals surface area contributed by atoms with E-state index in [2.05, 4.69) is 9.88 Å². The Morgan fingerprint density at radius 2 is 1.84 bits per heavy atom. The normalized spacial score (nSPS) is 15.8. The van der Waals surface area contributed by atoms with E-state index in [-0.39, 0.29) is 12.7 Å². The summed E-state index contributed by atoms with van der Waals surface area (Å²) in [4.78, 5) is 30.1. The van der Waals surface area contributed by atoms with Crippen LogP contribution in [0.3, 0.4) is 0 Å². The van der Waals surface area contributed by atoms with E-state index in [1.165, 1.54) is 0 Å². The van der Waals surface area contributed by atoms with Crippen molar-refractivity contribution in [2.75, 3.05) is 32.7 Å². The van der Waals surface area contributed by atoms with E-state index >= 15 is 0 Å². The molecular formula is C22H23Cl2N3O5. The Morgan fingerprint density at radius 3 is 2.56 bits per heavy atom. The molecule has 0 saturated carbocycles. The van der Waals surface area contributed by atoms with Crippen LogP contribution in [-0.4, -0.2) is 58.7 Å². The second kappa shape index (κ2) is 9.95. The minimum atomic E-state index is -0.674. The third-order valence-corrected chi connectivity index (χ3v) is 5.90. The number of aliphatic hydroxyl groups is 1. The van der Waals surface area contributed by atoms with Gasteiger partial charge in [0.05, 0.1) is 11.6 Å². The molecule has 3 aromatic rings. The number of hydrogen-bond donors (Lipinski definition) is 2. The van der Waals surface area contributed by atoms with Gasteiger partial charge in [0.15, 0.2) is 5.58 Å². The molecule has 1 saturated heterocycles. The first-order chi connectivity index (χ1) is 15.4. The Hall–Kier alpha value is -2.52. The third kappa shape index (κ3) is 5.63. The summed E-state index contributed by atoms with van der Waals surface area (Å²) in [5.74, 6) is -0.514. The van der Waals surface area contributed by atoms with Gasteiger partial charge in [-0.1, -0.05) is 29.3 Å². The number of halogens is 2. The first-order valence-electron chi connectivity index (χ1n) is 10.3. The maximum absolute atomic E-state index is 12.4. The van der Waals surface area contributed by atoms with Crippen molar-refractivity contribution < 1.29 is 19.1 Å². The Kier molecular flexibility index (Phi) is 7.05. The van der Waals surface area contributed by atoms with Gasteiger partial charge in [0.1, 0.15) is 6.61 Å². The van der Waals surface area contributed by atoms with Gasteiger partial charge in [-0.05, 0) is 47.9 Å². The standard InChI is InChI=1S/C22H23Cl2N3O5/c23-16-9-14(10-17(24)12-16)13-31-22(30)27-7-5-26(6-8-27)4-3-19(28)15-1-2-18-20(11-15)32-21(29)25-18/h1-2,9-12,19,28H,3-8,13H2,(H,25,29). The van der Waals surface area contributed by atoms with Crippen LogP contribution in [0.4, 0.5) is 4.79 Å². The molecule has 0 aliphatic carbocycles. The molecule has 1 aromatic heterocycles. The molecule has 1 atom stereocenters. The van der Waals surface area contributed by atoms with Crippen molar-refractivity contribution in [1.29, 1.82) is 0 Å². The number of amides is 1. The molecule has 1 unspecified atom stereocenters. The van der Waals surface area contributed by atoms with E-state index in [9.17, 15) is 14.7 Å². The monoisotopic (exact) mass is 479 g/mol. The van der Waals surface area contributed by atoms with Crippen LogP contribution in [0, 0.1) is 0 Å². The lowest BCUT2D eigenvalue weighted by Gasteiger charge is -2.34. The molecule has 8 nitrogen and oxygen atoms in total. The van der Waals surface area contributed by atoms with Crippen molar-refractivity contribution >= 4 is 40.4 Å². The van der Waals surface area contributed by atoms with Gasteiger partial charge in [-0.3, -0.25) is 9.88 Å². The zero-order valence-corrected chi connectivity index (χ0v) is 18.7. The fourth-order valence-corrected chi connectivity index (χ4v) is 4.30. The van der Waals surface area contributed by atoms with Crippen LogP contribution in [0.5, 0.6) is 0 Å². The third-order valence-electron chi connectivity index (χ3n) is 5.46. The van der Waals surface area contributed by atoms with Gasteiger partial charge in [-0.25, -0.2) is 9.59 Å². The maximum Gasteiger partial charge on any atom is 0.417 e. The van der Waals surface area contributed by atoms with Gasteiger partial charge in [-0.2, -0.15) is 0 Å². The highest BCUT2D eigenvalue weighted by molar-refractivity contribution is 6.34. The molecule has 170 valence electrons. The quantitative estimate of drug-likeness (QED) is 0.557. The smallest absolute Gasteiger partial charge is 0.417 e. The Morgan fingerprint density at radius 1 is 1.12 bits per heavy atom. The van der Waals surface area contributed by atoms with Gasteiger partial charge in [0, 0.05) is 42.8 Å². The highest BCUT2D eigenvalue weighted by Crippen LogP contribution is 2.22. The predicted octanol–water partition coefficient (Wildman–Crippen LogP) is 3.81. The summed E-state index contributed by atoms with van der Waals surface area (Å²) in [6.07, 6.45) is -0.519. The summed E-state index contributed by atoms with van der Waals surface area (Å²) < 4.78 is 10.4. The number of ether oxygens (including phenoxy) is 1. The number of carbonyl (C=O) groups is 1. The van der Waals surface area contributed by atoms with Crippen LogP contribution < -0.4 is 5.76 Å². The molecule has 2 aromatic carbocycles. The van der Waals surface area contributed by atoms with Crippen LogP contribution in [-0.2, 0) is 11.3 Å². The molecule has 0 radical (unpaired) electrons. The minimum Gasteiger partial charge on any atom is -0.445 e. The molecule has 1 aliphatic heterocycles. The lowest BCUT2D eigenvalue weighted by Crippen LogP contribution is -2.49. The number of H-pyrrole nitrogens is 1. The Balaban J connectivity index is 1.21. The molecular weight excluding hydrogens is 457 g/mol. The Bertz CT molecular complexity index is 1130. The van der Waals surface area contributed by atoms with Crippen LogP contribution in [0.25, 0.3) is 11.1 Å². The highest BCUT2D eigenvalue weighted by atomic mass is 35.5. The van der Waals surface area contributed by atoms with Crippen LogP contribution in [0.1, 0.15) is 23.7 Å². The zero-order chi connectivity index (χ0) is 22.7. The van der Waals surface area contributed by atoms with E-state index < -0.39 is 11.9 Å². The van der Waals surface area contributed by atoms with Crippen molar-refractivity contribution in [3.8, 4) is 0 Å². The number of piperazine rings is 1. The molecule has 32 heavy (non-hydrogen) atoms. The highest BCUT2D eigenvalue weighted by Gasteiger charge is 2.23. The number of aromatic nitrogens is 1. The molecule has 0 bridgehead atoms. The topological polar surface area (TPSA) is 99.0 Å². The number of carbonyl (C=O) groups excluding carboxylic acids is 1. The first-order valence-corrected chi connectivity index (χ1v) is 11.0.